The zero-order valence-corrected chi connectivity index (χ0v) is 45.0. The maximum Gasteiger partial charge on any atom is 0.296 e. The SMILES string of the molecule is C=CS(=O)(=O)c1ccc(N=Nc2c(S(=O)(=O)O)cc3cc(S(=O)(=O)O)cc(Nc4nc(Cl)nc(Nc5cc(S(=O)(=O)O)cc6cc(S(=O)(=O)O)c(N=Nc7cc(NC(=O)C(=C)Br)ccc7S(=O)(=O)O)c(O)c56)n4)c3c2O)cc1. The minimum Gasteiger partial charge on any atom is -0.505 e. The van der Waals surface area contributed by atoms with Gasteiger partial charge < -0.3 is 26.2 Å². The number of halogens is 2. The third-order valence-electron chi connectivity index (χ3n) is 10.1. The third-order valence-corrected chi connectivity index (χ3v) is 16.3. The summed E-state index contributed by atoms with van der Waals surface area (Å²) in [4.78, 5) is 18.3. The first-order valence-corrected chi connectivity index (χ1v) is 30.0. The molecule has 78 heavy (non-hydrogen) atoms. The average Bonchev–Trinajstić information content (AvgIpc) is 3.51. The van der Waals surface area contributed by atoms with Gasteiger partial charge in [0.1, 0.15) is 31.7 Å². The molecule has 0 aliphatic carbocycles. The van der Waals surface area contributed by atoms with E-state index in [0.717, 1.165) is 42.5 Å². The molecule has 7 aromatic rings. The number of aromatic nitrogens is 3. The number of benzene rings is 6. The zero-order chi connectivity index (χ0) is 57.8. The largest absolute Gasteiger partial charge is 0.505 e. The minimum absolute atomic E-state index is 0.136. The first-order chi connectivity index (χ1) is 36.0. The van der Waals surface area contributed by atoms with Crippen LogP contribution in [0.5, 0.6) is 11.5 Å². The lowest BCUT2D eigenvalue weighted by Gasteiger charge is -2.16. The Morgan fingerprint density at radius 1 is 0.564 bits per heavy atom. The van der Waals surface area contributed by atoms with Crippen LogP contribution < -0.4 is 16.0 Å². The Morgan fingerprint density at radius 2 is 1.01 bits per heavy atom. The number of nitrogens with one attached hydrogen (secondary N) is 3. The van der Waals surface area contributed by atoms with Crippen molar-refractivity contribution in [1.29, 1.82) is 0 Å². The van der Waals surface area contributed by atoms with Crippen molar-refractivity contribution >= 4 is 167 Å². The van der Waals surface area contributed by atoms with Gasteiger partial charge in [-0.25, -0.2) is 8.42 Å². The number of anilines is 5. The Balaban J connectivity index is 1.40. The fraction of sp³-hybridized carbons (Fsp3) is 0. The predicted molar refractivity (Wildman–Crippen MR) is 277 cm³/mol. The topological polar surface area (TPSA) is 488 Å². The maximum atomic E-state index is 12.8. The van der Waals surface area contributed by atoms with Crippen LogP contribution in [0.25, 0.3) is 21.5 Å². The lowest BCUT2D eigenvalue weighted by atomic mass is 10.1. The maximum absolute atomic E-state index is 12.8. The van der Waals surface area contributed by atoms with Crippen molar-refractivity contribution < 1.29 is 88.3 Å². The second-order valence-corrected chi connectivity index (χ2v) is 25.5. The molecular weight excluding hydrogens is 1250 g/mol. The van der Waals surface area contributed by atoms with E-state index in [9.17, 15) is 88.3 Å². The van der Waals surface area contributed by atoms with Crippen LogP contribution in [0.15, 0.2) is 152 Å². The average molecular weight is 1280 g/mol. The summed E-state index contributed by atoms with van der Waals surface area (Å²) in [6, 6.07) is 10.6. The molecule has 0 radical (unpaired) electrons. The highest BCUT2D eigenvalue weighted by Gasteiger charge is 2.29. The molecule has 1 heterocycles. The molecule has 0 unspecified atom stereocenters. The molecule has 1 aromatic heterocycles. The summed E-state index contributed by atoms with van der Waals surface area (Å²) >= 11 is 9.08. The smallest absolute Gasteiger partial charge is 0.296 e. The van der Waals surface area contributed by atoms with Gasteiger partial charge in [0.15, 0.2) is 21.3 Å². The molecule has 10 N–H and O–H groups in total. The number of hydrogen-bond acceptors (Lipinski definition) is 24. The van der Waals surface area contributed by atoms with E-state index in [4.69, 9.17) is 11.6 Å². The normalized spacial score (nSPS) is 12.8. The molecule has 0 bridgehead atoms. The fourth-order valence-corrected chi connectivity index (χ4v) is 10.8. The quantitative estimate of drug-likeness (QED) is 0.0239. The number of nitrogens with zero attached hydrogens (tertiary/aromatic N) is 7. The molecule has 0 saturated carbocycles. The first kappa shape index (κ1) is 58.2. The Kier molecular flexibility index (Phi) is 15.7. The van der Waals surface area contributed by atoms with Crippen LogP contribution in [0.3, 0.4) is 0 Å². The van der Waals surface area contributed by atoms with Gasteiger partial charge >= 0.3 is 0 Å². The van der Waals surface area contributed by atoms with Gasteiger partial charge in [-0.2, -0.15) is 62.2 Å². The number of phenols is 2. The molecule has 408 valence electrons. The molecule has 1 amide bonds. The van der Waals surface area contributed by atoms with Crippen molar-refractivity contribution in [1.82, 2.24) is 15.0 Å². The van der Waals surface area contributed by atoms with Gasteiger partial charge in [0.25, 0.3) is 56.5 Å². The lowest BCUT2D eigenvalue weighted by molar-refractivity contribution is -0.112. The summed E-state index contributed by atoms with van der Waals surface area (Å²) in [5.41, 5.74) is -4.66. The van der Waals surface area contributed by atoms with Gasteiger partial charge in [0.2, 0.25) is 17.2 Å². The summed E-state index contributed by atoms with van der Waals surface area (Å²) < 4.78 is 200. The second-order valence-electron chi connectivity index (χ2n) is 15.3. The van der Waals surface area contributed by atoms with Crippen LogP contribution in [-0.2, 0) is 65.2 Å². The molecule has 0 aliphatic rings. The van der Waals surface area contributed by atoms with Crippen molar-refractivity contribution in [3.63, 3.8) is 0 Å². The number of azo groups is 2. The number of carbonyl (C=O) groups excluding carboxylic acids is 1. The van der Waals surface area contributed by atoms with E-state index in [2.05, 4.69) is 80.4 Å². The molecule has 7 rings (SSSR count). The van der Waals surface area contributed by atoms with Gasteiger partial charge in [-0.3, -0.25) is 27.6 Å². The Labute approximate surface area is 451 Å². The number of fused-ring (bicyclic) bond motifs is 2. The summed E-state index contributed by atoms with van der Waals surface area (Å²) in [5, 5.41) is 42.9. The zero-order valence-electron chi connectivity index (χ0n) is 37.8. The Hall–Kier alpha value is -7.53. The summed E-state index contributed by atoms with van der Waals surface area (Å²) in [6.45, 7) is 6.59. The van der Waals surface area contributed by atoms with Gasteiger partial charge in [-0.15, -0.1) is 15.3 Å². The number of sulfone groups is 1. The van der Waals surface area contributed by atoms with Crippen LogP contribution in [0.4, 0.5) is 51.7 Å². The highest BCUT2D eigenvalue weighted by Crippen LogP contribution is 2.48. The predicted octanol–water partition coefficient (Wildman–Crippen LogP) is 7.56. The standard InChI is InChI=1S/C40H28BrClN10O20S6/c1-3-73(56,57)22-7-4-20(5-8-22)49-51-33-29(77(67,68)69)12-18-10-23(74(58,59)60)15-26(31(18)35(33)53)44-39-46-38(42)47-40(48-39)45-27-16-24(75(61,62)63)11-19-13-30(78(70,71)72)34(36(54)32(19)27)52-50-25-14-21(43-37(55)17(2)41)6-9-28(25)76(64,65)66/h3-16,53-54H,1-2H2,(H,43,55)(H,58,59,60)(H,61,62,63)(H,64,65,66)(H,67,68,69)(H,70,71,72)(H2,44,45,46,47,48). The van der Waals surface area contributed by atoms with E-state index in [1.165, 1.54) is 0 Å². The van der Waals surface area contributed by atoms with Gasteiger partial charge in [0, 0.05) is 21.9 Å². The molecule has 6 aromatic carbocycles. The van der Waals surface area contributed by atoms with E-state index in [0.29, 0.717) is 41.8 Å². The van der Waals surface area contributed by atoms with E-state index >= 15 is 0 Å². The number of rotatable bonds is 17. The van der Waals surface area contributed by atoms with Crippen molar-refractivity contribution in [2.75, 3.05) is 16.0 Å². The number of amides is 1. The van der Waals surface area contributed by atoms with Crippen LogP contribution in [0.1, 0.15) is 0 Å². The molecular formula is C40H28BrClN10O20S6. The van der Waals surface area contributed by atoms with E-state index in [-0.39, 0.29) is 20.8 Å². The summed E-state index contributed by atoms with van der Waals surface area (Å²) in [6.07, 6.45) is 0. The van der Waals surface area contributed by atoms with E-state index in [1.807, 2.05) is 0 Å². The monoisotopic (exact) mass is 1270 g/mol. The molecule has 0 atom stereocenters. The number of phenolic OH excluding ortho intramolecular Hbond substituents is 2. The highest BCUT2D eigenvalue weighted by molar-refractivity contribution is 9.12. The molecule has 0 aliphatic heterocycles. The summed E-state index contributed by atoms with van der Waals surface area (Å²) in [7, 11) is -30.5. The number of aromatic hydroxyl groups is 2. The van der Waals surface area contributed by atoms with Crippen molar-refractivity contribution in [3.8, 4) is 11.5 Å². The molecule has 30 nitrogen and oxygen atoms in total. The van der Waals surface area contributed by atoms with Gasteiger partial charge in [0.05, 0.1) is 36.2 Å². The van der Waals surface area contributed by atoms with Gasteiger partial charge in [-0.1, -0.05) is 13.2 Å². The first-order valence-electron chi connectivity index (χ1n) is 20.1. The third kappa shape index (κ3) is 12.7. The Bertz CT molecular complexity index is 4570. The van der Waals surface area contributed by atoms with Crippen LogP contribution >= 0.6 is 27.5 Å². The van der Waals surface area contributed by atoms with Crippen LogP contribution in [-0.4, -0.2) is 104 Å². The Morgan fingerprint density at radius 3 is 1.42 bits per heavy atom. The number of carbonyl (C=O) groups is 1. The fourth-order valence-electron chi connectivity index (χ4n) is 6.80. The molecule has 0 saturated heterocycles. The molecule has 0 spiro atoms. The van der Waals surface area contributed by atoms with Crippen molar-refractivity contribution in [2.45, 2.75) is 29.4 Å². The van der Waals surface area contributed by atoms with Crippen molar-refractivity contribution in [2.24, 2.45) is 20.5 Å². The highest BCUT2D eigenvalue weighted by atomic mass is 79.9. The van der Waals surface area contributed by atoms with Crippen LogP contribution in [0.2, 0.25) is 5.28 Å². The molecule has 38 heteroatoms. The minimum atomic E-state index is -5.54. The molecule has 0 fully saturated rings. The van der Waals surface area contributed by atoms with E-state index in [1.54, 1.807) is 0 Å². The van der Waals surface area contributed by atoms with Crippen molar-refractivity contribution in [3.05, 3.63) is 107 Å². The summed E-state index contributed by atoms with van der Waals surface area (Å²) in [5.74, 6) is -4.83. The van der Waals surface area contributed by atoms with Crippen LogP contribution in [0, 0.1) is 0 Å². The second kappa shape index (κ2) is 21.0. The van der Waals surface area contributed by atoms with E-state index < -0.39 is 169 Å². The lowest BCUT2D eigenvalue weighted by Crippen LogP contribution is -2.10. The van der Waals surface area contributed by atoms with Gasteiger partial charge in [-0.05, 0) is 117 Å². The number of hydrogen-bond donors (Lipinski definition) is 10.